The number of morpholine rings is 1. The van der Waals surface area contributed by atoms with Gasteiger partial charge >= 0.3 is 0 Å². The molecule has 0 radical (unpaired) electrons. The SMILES string of the molecule is CCC(C#N)S(=O)(=O)N1CCOCC1(C)C. The van der Waals surface area contributed by atoms with Gasteiger partial charge in [-0.2, -0.15) is 9.57 Å². The molecule has 6 heteroatoms. The van der Waals surface area contributed by atoms with Gasteiger partial charge in [-0.3, -0.25) is 0 Å². The maximum absolute atomic E-state index is 12.2. The predicted molar refractivity (Wildman–Crippen MR) is 60.2 cm³/mol. The van der Waals surface area contributed by atoms with E-state index in [1.165, 1.54) is 4.31 Å². The van der Waals surface area contributed by atoms with Gasteiger partial charge in [-0.05, 0) is 20.3 Å². The fraction of sp³-hybridized carbons (Fsp3) is 0.900. The monoisotopic (exact) mass is 246 g/mol. The summed E-state index contributed by atoms with van der Waals surface area (Å²) in [6.07, 6.45) is 0.312. The third kappa shape index (κ3) is 2.37. The molecule has 0 bridgehead atoms. The minimum atomic E-state index is -3.54. The van der Waals surface area contributed by atoms with Crippen LogP contribution in [-0.2, 0) is 14.8 Å². The highest BCUT2D eigenvalue weighted by molar-refractivity contribution is 7.90. The Bertz CT molecular complexity index is 383. The second kappa shape index (κ2) is 4.70. The van der Waals surface area contributed by atoms with Crippen molar-refractivity contribution in [2.24, 2.45) is 0 Å². The van der Waals surface area contributed by atoms with E-state index in [1.54, 1.807) is 6.92 Å². The largest absolute Gasteiger partial charge is 0.378 e. The summed E-state index contributed by atoms with van der Waals surface area (Å²) in [5.41, 5.74) is -0.568. The van der Waals surface area contributed by atoms with Crippen molar-refractivity contribution in [1.82, 2.24) is 4.31 Å². The highest BCUT2D eigenvalue weighted by atomic mass is 32.2. The number of sulfonamides is 1. The average Bonchev–Trinajstić information content (AvgIpc) is 2.17. The Hall–Kier alpha value is -0.640. The molecule has 1 atom stereocenters. The molecule has 0 spiro atoms. The van der Waals surface area contributed by atoms with Crippen LogP contribution in [0.5, 0.6) is 0 Å². The molecule has 1 unspecified atom stereocenters. The van der Waals surface area contributed by atoms with Gasteiger partial charge < -0.3 is 4.74 Å². The lowest BCUT2D eigenvalue weighted by molar-refractivity contribution is -0.00796. The first kappa shape index (κ1) is 13.4. The number of rotatable bonds is 3. The highest BCUT2D eigenvalue weighted by Crippen LogP contribution is 2.25. The Kier molecular flexibility index (Phi) is 3.94. The predicted octanol–water partition coefficient (Wildman–Crippen LogP) is 0.729. The van der Waals surface area contributed by atoms with E-state index in [0.29, 0.717) is 26.2 Å². The first-order valence-corrected chi connectivity index (χ1v) is 6.85. The molecule has 1 saturated heterocycles. The zero-order valence-electron chi connectivity index (χ0n) is 9.93. The molecule has 1 aliphatic heterocycles. The van der Waals surface area contributed by atoms with Crippen molar-refractivity contribution in [2.45, 2.75) is 38.0 Å². The van der Waals surface area contributed by atoms with Crippen LogP contribution in [0.25, 0.3) is 0 Å². The van der Waals surface area contributed by atoms with Crippen molar-refractivity contribution in [3.8, 4) is 6.07 Å². The van der Waals surface area contributed by atoms with Gasteiger partial charge in [0.05, 0.1) is 24.8 Å². The van der Waals surface area contributed by atoms with Gasteiger partial charge in [-0.1, -0.05) is 6.92 Å². The Morgan fingerprint density at radius 3 is 2.62 bits per heavy atom. The summed E-state index contributed by atoms with van der Waals surface area (Å²) in [7, 11) is -3.54. The lowest BCUT2D eigenvalue weighted by atomic mass is 10.1. The van der Waals surface area contributed by atoms with Gasteiger partial charge in [0.2, 0.25) is 10.0 Å². The fourth-order valence-corrected chi connectivity index (χ4v) is 3.77. The highest BCUT2D eigenvalue weighted by Gasteiger charge is 2.42. The molecule has 0 aromatic rings. The Balaban J connectivity index is 3.03. The van der Waals surface area contributed by atoms with Crippen LogP contribution < -0.4 is 0 Å². The Labute approximate surface area is 97.0 Å². The van der Waals surface area contributed by atoms with E-state index < -0.39 is 20.8 Å². The third-order valence-electron chi connectivity index (χ3n) is 2.75. The number of nitrogens with zero attached hydrogens (tertiary/aromatic N) is 2. The molecular formula is C10H18N2O3S. The van der Waals surface area contributed by atoms with Crippen LogP contribution in [0.1, 0.15) is 27.2 Å². The van der Waals surface area contributed by atoms with Crippen LogP contribution in [0, 0.1) is 11.3 Å². The van der Waals surface area contributed by atoms with E-state index in [4.69, 9.17) is 10.00 Å². The van der Waals surface area contributed by atoms with Crippen LogP contribution in [0.3, 0.4) is 0 Å². The van der Waals surface area contributed by atoms with Crippen molar-refractivity contribution in [2.75, 3.05) is 19.8 Å². The summed E-state index contributed by atoms with van der Waals surface area (Å²) in [4.78, 5) is 0. The Morgan fingerprint density at radius 2 is 2.19 bits per heavy atom. The smallest absolute Gasteiger partial charge is 0.231 e. The van der Waals surface area contributed by atoms with Gasteiger partial charge in [-0.25, -0.2) is 8.42 Å². The number of hydrogen-bond acceptors (Lipinski definition) is 4. The van der Waals surface area contributed by atoms with Gasteiger partial charge in [0, 0.05) is 6.54 Å². The average molecular weight is 246 g/mol. The molecule has 0 aliphatic carbocycles. The molecule has 0 amide bonds. The van der Waals surface area contributed by atoms with Crippen LogP contribution in [0.15, 0.2) is 0 Å². The molecule has 1 heterocycles. The summed E-state index contributed by atoms with van der Waals surface area (Å²) in [6.45, 7) is 6.42. The summed E-state index contributed by atoms with van der Waals surface area (Å²) in [6, 6.07) is 1.86. The third-order valence-corrected chi connectivity index (χ3v) is 5.20. The summed E-state index contributed by atoms with van der Waals surface area (Å²) >= 11 is 0. The lowest BCUT2D eigenvalue weighted by Crippen LogP contribution is -2.57. The van der Waals surface area contributed by atoms with Crippen LogP contribution in [0.2, 0.25) is 0 Å². The second-order valence-electron chi connectivity index (χ2n) is 4.51. The molecular weight excluding hydrogens is 228 g/mol. The molecule has 0 saturated carbocycles. The molecule has 16 heavy (non-hydrogen) atoms. The number of nitriles is 1. The molecule has 92 valence electrons. The van der Waals surface area contributed by atoms with Gasteiger partial charge in [0.15, 0.2) is 5.25 Å². The molecule has 1 fully saturated rings. The van der Waals surface area contributed by atoms with Crippen LogP contribution in [0.4, 0.5) is 0 Å². The second-order valence-corrected chi connectivity index (χ2v) is 6.55. The minimum absolute atomic E-state index is 0.312. The first-order chi connectivity index (χ1) is 7.36. The maximum atomic E-state index is 12.2. The topological polar surface area (TPSA) is 70.4 Å². The van der Waals surface area contributed by atoms with Gasteiger partial charge in [0.25, 0.3) is 0 Å². The van der Waals surface area contributed by atoms with Crippen LogP contribution >= 0.6 is 0 Å². The summed E-state index contributed by atoms with van der Waals surface area (Å²) in [5.74, 6) is 0. The Morgan fingerprint density at radius 1 is 1.56 bits per heavy atom. The zero-order valence-corrected chi connectivity index (χ0v) is 10.7. The summed E-state index contributed by atoms with van der Waals surface area (Å²) in [5, 5.41) is 7.92. The van der Waals surface area contributed by atoms with E-state index in [0.717, 1.165) is 0 Å². The van der Waals surface area contributed by atoms with Crippen molar-refractivity contribution in [3.63, 3.8) is 0 Å². The van der Waals surface area contributed by atoms with Crippen molar-refractivity contribution >= 4 is 10.0 Å². The first-order valence-electron chi connectivity index (χ1n) is 5.35. The summed E-state index contributed by atoms with van der Waals surface area (Å²) < 4.78 is 31.1. The fourth-order valence-electron chi connectivity index (χ4n) is 1.84. The molecule has 0 N–H and O–H groups in total. The number of ether oxygens (including phenoxy) is 1. The quantitative estimate of drug-likeness (QED) is 0.736. The molecule has 0 aromatic heterocycles. The number of hydrogen-bond donors (Lipinski definition) is 0. The standard InChI is InChI=1S/C10H18N2O3S/c1-4-9(7-11)16(13,14)12-5-6-15-8-10(12,2)3/h9H,4-6,8H2,1-3H3. The van der Waals surface area contributed by atoms with E-state index in [-0.39, 0.29) is 0 Å². The van der Waals surface area contributed by atoms with E-state index in [9.17, 15) is 8.42 Å². The zero-order chi connectivity index (χ0) is 12.4. The van der Waals surface area contributed by atoms with Crippen molar-refractivity contribution in [1.29, 1.82) is 5.26 Å². The van der Waals surface area contributed by atoms with Crippen LogP contribution in [-0.4, -0.2) is 43.3 Å². The molecule has 1 aliphatic rings. The maximum Gasteiger partial charge on any atom is 0.231 e. The molecule has 5 nitrogen and oxygen atoms in total. The molecule has 1 rings (SSSR count). The van der Waals surface area contributed by atoms with Gasteiger partial charge in [-0.15, -0.1) is 0 Å². The molecule has 0 aromatic carbocycles. The normalized spacial score (nSPS) is 23.6. The lowest BCUT2D eigenvalue weighted by Gasteiger charge is -2.41. The van der Waals surface area contributed by atoms with Gasteiger partial charge in [0.1, 0.15) is 0 Å². The van der Waals surface area contributed by atoms with Crippen molar-refractivity contribution < 1.29 is 13.2 Å². The van der Waals surface area contributed by atoms with E-state index >= 15 is 0 Å². The van der Waals surface area contributed by atoms with E-state index in [1.807, 2.05) is 19.9 Å². The van der Waals surface area contributed by atoms with Crippen molar-refractivity contribution in [3.05, 3.63) is 0 Å². The van der Waals surface area contributed by atoms with E-state index in [2.05, 4.69) is 0 Å². The minimum Gasteiger partial charge on any atom is -0.378 e.